The quantitative estimate of drug-likeness (QED) is 0.254. The lowest BCUT2D eigenvalue weighted by Gasteiger charge is -2.38. The van der Waals surface area contributed by atoms with Gasteiger partial charge in [-0.2, -0.15) is 0 Å². The maximum Gasteiger partial charge on any atom is 0.127 e. The highest BCUT2D eigenvalue weighted by atomic mass is 16.5. The predicted octanol–water partition coefficient (Wildman–Crippen LogP) is 8.07. The molecular weight excluding hydrogens is 454 g/mol. The average Bonchev–Trinajstić information content (AvgIpc) is 3.64. The Morgan fingerprint density at radius 3 is 2.19 bits per heavy atom. The highest BCUT2D eigenvalue weighted by Crippen LogP contribution is 2.54. The first-order valence-corrected chi connectivity index (χ1v) is 12.6. The molecule has 1 aliphatic rings. The molecule has 37 heavy (non-hydrogen) atoms. The molecule has 0 bridgehead atoms. The molecular formula is C34H29NO2. The zero-order chi connectivity index (χ0) is 25.2. The molecule has 6 rings (SSSR count). The van der Waals surface area contributed by atoms with Crippen molar-refractivity contribution >= 4 is 10.9 Å². The number of H-pyrrole nitrogens is 1. The van der Waals surface area contributed by atoms with Gasteiger partial charge in [-0.25, -0.2) is 0 Å². The lowest BCUT2D eigenvalue weighted by atomic mass is 9.64. The summed E-state index contributed by atoms with van der Waals surface area (Å²) >= 11 is 0. The van der Waals surface area contributed by atoms with E-state index in [0.29, 0.717) is 0 Å². The van der Waals surface area contributed by atoms with Crippen molar-refractivity contribution in [2.75, 3.05) is 14.2 Å². The number of benzene rings is 4. The van der Waals surface area contributed by atoms with E-state index in [1.54, 1.807) is 14.2 Å². The second-order valence-electron chi connectivity index (χ2n) is 9.29. The number of hydrogen-bond donors (Lipinski definition) is 1. The second kappa shape index (κ2) is 9.51. The molecule has 0 saturated carbocycles. The third-order valence-corrected chi connectivity index (χ3v) is 7.42. The molecule has 0 amide bonds. The SMILES string of the molecule is COc1ccc([C@](C2=CC=CC2)(c2ccccc2)c2[nH]c3ccccc3c2-c2ccccc2)c(OC)c1. The van der Waals surface area contributed by atoms with E-state index < -0.39 is 5.41 Å². The van der Waals surface area contributed by atoms with Gasteiger partial charge in [-0.1, -0.05) is 103 Å². The van der Waals surface area contributed by atoms with E-state index in [4.69, 9.17) is 9.47 Å². The fourth-order valence-corrected chi connectivity index (χ4v) is 5.80. The van der Waals surface area contributed by atoms with E-state index in [2.05, 4.69) is 114 Å². The standard InChI is InChI=1S/C34H29NO2/c1-36-27-21-22-29(31(23-27)37-2)34(26-17-9-10-18-26,25-15-7-4-8-16-25)33-32(24-13-5-3-6-14-24)28-19-11-12-20-30(28)35-33/h3-17,19-23,35H,18H2,1-2H3/t34-/m1/s1. The largest absolute Gasteiger partial charge is 0.497 e. The molecule has 1 N–H and O–H groups in total. The molecule has 0 fully saturated rings. The van der Waals surface area contributed by atoms with Crippen LogP contribution in [0.1, 0.15) is 23.2 Å². The first-order chi connectivity index (χ1) is 18.3. The van der Waals surface area contributed by atoms with Crippen LogP contribution in [0.25, 0.3) is 22.0 Å². The van der Waals surface area contributed by atoms with Crippen molar-refractivity contribution in [3.8, 4) is 22.6 Å². The number of para-hydroxylation sites is 1. The van der Waals surface area contributed by atoms with Crippen molar-refractivity contribution < 1.29 is 9.47 Å². The molecule has 3 heteroatoms. The molecule has 0 aliphatic heterocycles. The van der Waals surface area contributed by atoms with Crippen LogP contribution in [0.2, 0.25) is 0 Å². The van der Waals surface area contributed by atoms with Crippen LogP contribution < -0.4 is 9.47 Å². The van der Waals surface area contributed by atoms with Gasteiger partial charge >= 0.3 is 0 Å². The van der Waals surface area contributed by atoms with E-state index in [1.165, 1.54) is 27.6 Å². The normalized spacial score (nSPS) is 14.4. The summed E-state index contributed by atoms with van der Waals surface area (Å²) in [6.45, 7) is 0. The molecule has 3 nitrogen and oxygen atoms in total. The number of ether oxygens (including phenoxy) is 2. The molecule has 4 aromatic carbocycles. The number of nitrogens with one attached hydrogen (secondary N) is 1. The van der Waals surface area contributed by atoms with Gasteiger partial charge in [0.05, 0.1) is 19.6 Å². The van der Waals surface area contributed by atoms with Gasteiger partial charge in [0.15, 0.2) is 0 Å². The minimum Gasteiger partial charge on any atom is -0.497 e. The Bertz CT molecular complexity index is 1610. The Morgan fingerprint density at radius 2 is 1.49 bits per heavy atom. The van der Waals surface area contributed by atoms with Gasteiger partial charge < -0.3 is 14.5 Å². The highest BCUT2D eigenvalue weighted by Gasteiger charge is 2.45. The molecule has 1 aromatic heterocycles. The van der Waals surface area contributed by atoms with Crippen molar-refractivity contribution in [1.29, 1.82) is 0 Å². The minimum absolute atomic E-state index is 0.632. The minimum atomic E-state index is -0.632. The summed E-state index contributed by atoms with van der Waals surface area (Å²) in [5.74, 6) is 1.55. The molecule has 0 spiro atoms. The highest BCUT2D eigenvalue weighted by molar-refractivity contribution is 5.99. The Hall–Kier alpha value is -4.50. The molecule has 182 valence electrons. The molecule has 0 unspecified atom stereocenters. The van der Waals surface area contributed by atoms with E-state index >= 15 is 0 Å². The molecule has 5 aromatic rings. The first-order valence-electron chi connectivity index (χ1n) is 12.6. The van der Waals surface area contributed by atoms with Crippen LogP contribution in [0.3, 0.4) is 0 Å². The lowest BCUT2D eigenvalue weighted by Crippen LogP contribution is -2.33. The van der Waals surface area contributed by atoms with Crippen molar-refractivity contribution in [1.82, 2.24) is 4.98 Å². The fourth-order valence-electron chi connectivity index (χ4n) is 5.80. The smallest absolute Gasteiger partial charge is 0.127 e. The van der Waals surface area contributed by atoms with Gasteiger partial charge in [-0.3, -0.25) is 0 Å². The number of aromatic amines is 1. The number of fused-ring (bicyclic) bond motifs is 1. The van der Waals surface area contributed by atoms with Crippen LogP contribution in [0.15, 0.2) is 127 Å². The number of aromatic nitrogens is 1. The fraction of sp³-hybridized carbons (Fsp3) is 0.118. The maximum atomic E-state index is 6.07. The van der Waals surface area contributed by atoms with E-state index in [-0.39, 0.29) is 0 Å². The summed E-state index contributed by atoms with van der Waals surface area (Å²) in [5.41, 5.74) is 7.51. The van der Waals surface area contributed by atoms with Crippen LogP contribution in [0.5, 0.6) is 11.5 Å². The van der Waals surface area contributed by atoms with Crippen molar-refractivity contribution in [3.63, 3.8) is 0 Å². The van der Waals surface area contributed by atoms with E-state index in [0.717, 1.165) is 34.7 Å². The van der Waals surface area contributed by atoms with Gasteiger partial charge in [0.2, 0.25) is 0 Å². The number of methoxy groups -OCH3 is 2. The molecule has 0 radical (unpaired) electrons. The zero-order valence-corrected chi connectivity index (χ0v) is 21.1. The molecule has 1 aliphatic carbocycles. The summed E-state index contributed by atoms with van der Waals surface area (Å²) in [7, 11) is 3.42. The van der Waals surface area contributed by atoms with Crippen LogP contribution in [0, 0.1) is 0 Å². The van der Waals surface area contributed by atoms with Crippen molar-refractivity contribution in [2.45, 2.75) is 11.8 Å². The Balaban J connectivity index is 1.81. The third-order valence-electron chi connectivity index (χ3n) is 7.42. The average molecular weight is 484 g/mol. The van der Waals surface area contributed by atoms with Crippen LogP contribution in [0.4, 0.5) is 0 Å². The Labute approximate surface area is 217 Å². The molecule has 1 atom stereocenters. The zero-order valence-electron chi connectivity index (χ0n) is 21.1. The van der Waals surface area contributed by atoms with E-state index in [1.807, 2.05) is 12.1 Å². The third kappa shape index (κ3) is 3.66. The number of rotatable bonds is 7. The van der Waals surface area contributed by atoms with Gasteiger partial charge in [-0.05, 0) is 35.3 Å². The van der Waals surface area contributed by atoms with Crippen molar-refractivity contribution in [2.24, 2.45) is 0 Å². The van der Waals surface area contributed by atoms with Crippen LogP contribution in [-0.2, 0) is 5.41 Å². The lowest BCUT2D eigenvalue weighted by molar-refractivity contribution is 0.387. The summed E-state index contributed by atoms with van der Waals surface area (Å²) < 4.78 is 11.7. The van der Waals surface area contributed by atoms with E-state index in [9.17, 15) is 0 Å². The topological polar surface area (TPSA) is 34.2 Å². The summed E-state index contributed by atoms with van der Waals surface area (Å²) in [4.78, 5) is 3.90. The number of hydrogen-bond acceptors (Lipinski definition) is 2. The monoisotopic (exact) mass is 483 g/mol. The van der Waals surface area contributed by atoms with Crippen LogP contribution >= 0.6 is 0 Å². The summed E-state index contributed by atoms with van der Waals surface area (Å²) in [6.07, 6.45) is 7.49. The second-order valence-corrected chi connectivity index (χ2v) is 9.29. The first kappa shape index (κ1) is 22.9. The van der Waals surface area contributed by atoms with Gasteiger partial charge in [-0.15, -0.1) is 0 Å². The summed E-state index contributed by atoms with van der Waals surface area (Å²) in [5, 5.41) is 1.20. The summed E-state index contributed by atoms with van der Waals surface area (Å²) in [6, 6.07) is 36.2. The predicted molar refractivity (Wildman–Crippen MR) is 151 cm³/mol. The Morgan fingerprint density at radius 1 is 0.757 bits per heavy atom. The van der Waals surface area contributed by atoms with Crippen molar-refractivity contribution in [3.05, 3.63) is 144 Å². The Kier molecular flexibility index (Phi) is 5.90. The van der Waals surface area contributed by atoms with Gasteiger partial charge in [0, 0.05) is 33.8 Å². The number of allylic oxidation sites excluding steroid dienone is 4. The molecule has 1 heterocycles. The maximum absolute atomic E-state index is 6.07. The van der Waals surface area contributed by atoms with Gasteiger partial charge in [0.1, 0.15) is 11.5 Å². The van der Waals surface area contributed by atoms with Crippen LogP contribution in [-0.4, -0.2) is 19.2 Å². The molecule has 0 saturated heterocycles. The van der Waals surface area contributed by atoms with Gasteiger partial charge in [0.25, 0.3) is 0 Å².